The van der Waals surface area contributed by atoms with E-state index in [1.165, 1.54) is 29.7 Å². The summed E-state index contributed by atoms with van der Waals surface area (Å²) >= 11 is 3.95. The Morgan fingerprint density at radius 3 is 2.28 bits per heavy atom. The predicted molar refractivity (Wildman–Crippen MR) is 121 cm³/mol. The number of hydrogen-bond acceptors (Lipinski definition) is 6. The Hall–Kier alpha value is -1.64. The topological polar surface area (TPSA) is 72.5 Å². The van der Waals surface area contributed by atoms with E-state index >= 15 is 0 Å². The van der Waals surface area contributed by atoms with Crippen LogP contribution in [0.15, 0.2) is 48.5 Å². The first-order valence-corrected chi connectivity index (χ1v) is 13.5. The average molecular weight is 452 g/mol. The molecule has 0 saturated carbocycles. The molecule has 3 rings (SSSR count). The highest BCUT2D eigenvalue weighted by molar-refractivity contribution is 8.16. The number of nitrogens with one attached hydrogen (secondary N) is 1. The average Bonchev–Trinajstić information content (AvgIpc) is 2.72. The third kappa shape index (κ3) is 7.60. The molecule has 0 aromatic heterocycles. The minimum absolute atomic E-state index is 0.0182. The van der Waals surface area contributed by atoms with Gasteiger partial charge in [0.2, 0.25) is 0 Å². The fraction of sp³-hybridized carbons (Fsp3) is 0.381. The highest BCUT2D eigenvalue weighted by Gasteiger charge is 2.16. The number of carbonyl (C=O) groups is 1. The molecule has 0 atom stereocenters. The van der Waals surface area contributed by atoms with Crippen LogP contribution in [0.3, 0.4) is 0 Å². The number of thioether (sulfide) groups is 2. The van der Waals surface area contributed by atoms with Gasteiger partial charge < -0.3 is 10.1 Å². The molecular weight excluding hydrogens is 426 g/mol. The molecule has 1 saturated heterocycles. The van der Waals surface area contributed by atoms with E-state index in [2.05, 4.69) is 17.4 Å². The van der Waals surface area contributed by atoms with Gasteiger partial charge in [0.25, 0.3) is 5.91 Å². The van der Waals surface area contributed by atoms with E-state index in [4.69, 9.17) is 4.74 Å². The van der Waals surface area contributed by atoms with Crippen LogP contribution >= 0.6 is 23.5 Å². The predicted octanol–water partition coefficient (Wildman–Crippen LogP) is 3.80. The van der Waals surface area contributed by atoms with Crippen LogP contribution in [0.4, 0.5) is 0 Å². The van der Waals surface area contributed by atoms with Crippen LogP contribution in [-0.2, 0) is 26.9 Å². The van der Waals surface area contributed by atoms with Gasteiger partial charge in [0.05, 0.1) is 10.3 Å². The number of ether oxygens (including phenoxy) is 1. The van der Waals surface area contributed by atoms with Gasteiger partial charge in [0.15, 0.2) is 16.4 Å². The van der Waals surface area contributed by atoms with Crippen molar-refractivity contribution in [3.8, 4) is 5.75 Å². The largest absolute Gasteiger partial charge is 0.484 e. The number of hydrogen-bond donors (Lipinski definition) is 1. The lowest BCUT2D eigenvalue weighted by molar-refractivity contribution is -0.123. The van der Waals surface area contributed by atoms with Crippen LogP contribution in [-0.4, -0.2) is 38.7 Å². The van der Waals surface area contributed by atoms with Gasteiger partial charge in [0.1, 0.15) is 5.75 Å². The van der Waals surface area contributed by atoms with Gasteiger partial charge in [-0.25, -0.2) is 8.42 Å². The van der Waals surface area contributed by atoms with E-state index in [0.717, 1.165) is 11.1 Å². The first-order chi connectivity index (χ1) is 13.9. The molecule has 0 spiro atoms. The van der Waals surface area contributed by atoms with Gasteiger partial charge in [-0.05, 0) is 46.7 Å². The number of amides is 1. The molecule has 29 heavy (non-hydrogen) atoms. The van der Waals surface area contributed by atoms with E-state index in [-0.39, 0.29) is 18.3 Å². The first kappa shape index (κ1) is 22.1. The zero-order chi connectivity index (χ0) is 20.7. The van der Waals surface area contributed by atoms with Crippen LogP contribution in [0, 0.1) is 0 Å². The van der Waals surface area contributed by atoms with Gasteiger partial charge in [-0.15, -0.1) is 23.5 Å². The maximum Gasteiger partial charge on any atom is 0.258 e. The molecule has 5 nitrogen and oxygen atoms in total. The molecule has 0 unspecified atom stereocenters. The van der Waals surface area contributed by atoms with Crippen molar-refractivity contribution in [1.29, 1.82) is 0 Å². The Bertz CT molecular complexity index is 906. The van der Waals surface area contributed by atoms with Crippen LogP contribution < -0.4 is 10.1 Å². The van der Waals surface area contributed by atoms with E-state index in [0.29, 0.717) is 16.9 Å². The van der Waals surface area contributed by atoms with Gasteiger partial charge in [-0.1, -0.05) is 36.4 Å². The lowest BCUT2D eigenvalue weighted by Crippen LogP contribution is -2.28. The zero-order valence-electron chi connectivity index (χ0n) is 16.3. The number of benzene rings is 2. The molecule has 0 aliphatic carbocycles. The number of sulfone groups is 1. The zero-order valence-corrected chi connectivity index (χ0v) is 18.7. The van der Waals surface area contributed by atoms with Crippen molar-refractivity contribution in [3.05, 3.63) is 65.2 Å². The maximum absolute atomic E-state index is 12.0. The molecule has 1 aliphatic heterocycles. The molecule has 0 radical (unpaired) electrons. The molecule has 0 bridgehead atoms. The van der Waals surface area contributed by atoms with E-state index in [1.54, 1.807) is 12.1 Å². The van der Waals surface area contributed by atoms with E-state index in [1.807, 2.05) is 47.8 Å². The van der Waals surface area contributed by atoms with Crippen molar-refractivity contribution in [2.24, 2.45) is 0 Å². The van der Waals surface area contributed by atoms with Crippen molar-refractivity contribution in [2.45, 2.75) is 23.3 Å². The monoisotopic (exact) mass is 451 g/mol. The third-order valence-electron chi connectivity index (χ3n) is 4.29. The third-order valence-corrected chi connectivity index (χ3v) is 8.16. The van der Waals surface area contributed by atoms with Crippen molar-refractivity contribution in [2.75, 3.05) is 24.4 Å². The summed E-state index contributed by atoms with van der Waals surface area (Å²) in [5, 5.41) is 2.81. The summed E-state index contributed by atoms with van der Waals surface area (Å²) < 4.78 is 28.7. The van der Waals surface area contributed by atoms with Crippen molar-refractivity contribution >= 4 is 39.3 Å². The number of carbonyl (C=O) groups excluding carboxylic acids is 1. The number of rotatable bonds is 8. The maximum atomic E-state index is 12.0. The highest BCUT2D eigenvalue weighted by Crippen LogP contribution is 2.43. The second-order valence-electron chi connectivity index (χ2n) is 6.95. The molecule has 2 aromatic rings. The van der Waals surface area contributed by atoms with E-state index < -0.39 is 9.84 Å². The fourth-order valence-electron chi connectivity index (χ4n) is 2.86. The summed E-state index contributed by atoms with van der Waals surface area (Å²) in [4.78, 5) is 12.0. The van der Waals surface area contributed by atoms with Crippen LogP contribution in [0.5, 0.6) is 5.75 Å². The smallest absolute Gasteiger partial charge is 0.258 e. The Balaban J connectivity index is 1.41. The van der Waals surface area contributed by atoms with Gasteiger partial charge >= 0.3 is 0 Å². The summed E-state index contributed by atoms with van der Waals surface area (Å²) in [5.41, 5.74) is 2.93. The van der Waals surface area contributed by atoms with Crippen LogP contribution in [0.1, 0.15) is 27.7 Å². The normalized spacial score (nSPS) is 15.1. The van der Waals surface area contributed by atoms with Gasteiger partial charge in [-0.3, -0.25) is 4.79 Å². The molecule has 8 heteroatoms. The summed E-state index contributed by atoms with van der Waals surface area (Å²) in [6, 6.07) is 15.1. The fourth-order valence-corrected chi connectivity index (χ4v) is 6.55. The molecule has 156 valence electrons. The second-order valence-corrected chi connectivity index (χ2v) is 11.8. The van der Waals surface area contributed by atoms with Crippen molar-refractivity contribution in [3.63, 3.8) is 0 Å². The van der Waals surface area contributed by atoms with Gasteiger partial charge in [0, 0.05) is 12.8 Å². The molecule has 1 fully saturated rings. The molecule has 1 amide bonds. The van der Waals surface area contributed by atoms with Crippen molar-refractivity contribution in [1.82, 2.24) is 5.32 Å². The van der Waals surface area contributed by atoms with Crippen LogP contribution in [0.25, 0.3) is 0 Å². The lowest BCUT2D eigenvalue weighted by atomic mass is 10.1. The van der Waals surface area contributed by atoms with Gasteiger partial charge in [-0.2, -0.15) is 0 Å². The molecular formula is C21H25NO4S3. The summed E-state index contributed by atoms with van der Waals surface area (Å²) in [5.74, 6) is 2.91. The molecule has 2 aromatic carbocycles. The lowest BCUT2D eigenvalue weighted by Gasteiger charge is -2.21. The Morgan fingerprint density at radius 2 is 1.66 bits per heavy atom. The summed E-state index contributed by atoms with van der Waals surface area (Å²) in [7, 11) is -3.05. The Morgan fingerprint density at radius 1 is 1.03 bits per heavy atom. The highest BCUT2D eigenvalue weighted by atomic mass is 32.2. The SMILES string of the molecule is CS(=O)(=O)Cc1ccc(CNC(=O)COc2ccc(C3SCCCS3)cc2)cc1. The summed E-state index contributed by atoms with van der Waals surface area (Å²) in [6.45, 7) is 0.328. The minimum Gasteiger partial charge on any atom is -0.484 e. The summed E-state index contributed by atoms with van der Waals surface area (Å²) in [6.07, 6.45) is 2.48. The molecule has 1 aliphatic rings. The quantitative estimate of drug-likeness (QED) is 0.658. The second kappa shape index (κ2) is 10.4. The van der Waals surface area contributed by atoms with Crippen LogP contribution in [0.2, 0.25) is 0 Å². The first-order valence-electron chi connectivity index (χ1n) is 9.37. The molecule has 1 N–H and O–H groups in total. The van der Waals surface area contributed by atoms with Crippen molar-refractivity contribution < 1.29 is 17.9 Å². The Labute approximate surface area is 180 Å². The standard InChI is InChI=1S/C21H25NO4S3/c1-29(24,25)15-17-5-3-16(4-6-17)13-22-20(23)14-26-19-9-7-18(8-10-19)21-27-11-2-12-28-21/h3-10,21H,2,11-15H2,1H3,(H,22,23). The minimum atomic E-state index is -3.05. The Kier molecular flexibility index (Phi) is 7.91. The van der Waals surface area contributed by atoms with E-state index in [9.17, 15) is 13.2 Å². The molecule has 1 heterocycles.